The lowest BCUT2D eigenvalue weighted by atomic mass is 10.0. The van der Waals surface area contributed by atoms with Gasteiger partial charge in [-0.2, -0.15) is 0 Å². The Balaban J connectivity index is 2.57. The minimum Gasteiger partial charge on any atom is -0.464 e. The number of fused-ring (bicyclic) bond motifs is 1. The summed E-state index contributed by atoms with van der Waals surface area (Å²) in [5.74, 6) is -0.550. The Hall–Kier alpha value is -2.14. The Morgan fingerprint density at radius 3 is 2.83 bits per heavy atom. The van der Waals surface area contributed by atoms with Crippen molar-refractivity contribution in [2.24, 2.45) is 11.5 Å². The first kappa shape index (κ1) is 12.3. The molecule has 5 heteroatoms. The van der Waals surface area contributed by atoms with Crippen LogP contribution in [0.1, 0.15) is 23.6 Å². The first-order valence-corrected chi connectivity index (χ1v) is 5.55. The molecule has 0 aliphatic carbocycles. The van der Waals surface area contributed by atoms with E-state index in [9.17, 15) is 9.59 Å². The molecule has 0 aliphatic rings. The van der Waals surface area contributed by atoms with Gasteiger partial charge in [-0.05, 0) is 19.1 Å². The minimum absolute atomic E-state index is 0.0813. The molecule has 4 N–H and O–H groups in total. The molecule has 0 saturated carbocycles. The summed E-state index contributed by atoms with van der Waals surface area (Å²) in [7, 11) is 0. The standard InChI is InChI=1S/C13H14N2O3/c1-7-2-3-11-8(4-7)13(17)9(6-18-11)10(14)5-12(15)16/h2-4,6,10H,5,14H2,1H3,(H2,15,16). The van der Waals surface area contributed by atoms with E-state index in [0.717, 1.165) is 5.56 Å². The summed E-state index contributed by atoms with van der Waals surface area (Å²) in [4.78, 5) is 23.0. The lowest BCUT2D eigenvalue weighted by Gasteiger charge is -2.09. The fourth-order valence-corrected chi connectivity index (χ4v) is 1.84. The van der Waals surface area contributed by atoms with Gasteiger partial charge >= 0.3 is 0 Å². The summed E-state index contributed by atoms with van der Waals surface area (Å²) in [5.41, 5.74) is 12.3. The molecule has 0 aliphatic heterocycles. The smallest absolute Gasteiger partial charge is 0.219 e. The van der Waals surface area contributed by atoms with Gasteiger partial charge < -0.3 is 15.9 Å². The van der Waals surface area contributed by atoms with Crippen molar-refractivity contribution in [3.8, 4) is 0 Å². The number of nitrogens with two attached hydrogens (primary N) is 2. The highest BCUT2D eigenvalue weighted by Gasteiger charge is 2.15. The Labute approximate surface area is 103 Å². The average Bonchev–Trinajstić information content (AvgIpc) is 2.29. The van der Waals surface area contributed by atoms with Crippen LogP contribution in [0.5, 0.6) is 0 Å². The number of amides is 1. The summed E-state index contributed by atoms with van der Waals surface area (Å²) in [5, 5.41) is 0.465. The molecule has 1 aromatic heterocycles. The van der Waals surface area contributed by atoms with Crippen molar-refractivity contribution >= 4 is 16.9 Å². The lowest BCUT2D eigenvalue weighted by Crippen LogP contribution is -2.25. The van der Waals surface area contributed by atoms with Crippen LogP contribution < -0.4 is 16.9 Å². The molecule has 18 heavy (non-hydrogen) atoms. The van der Waals surface area contributed by atoms with E-state index in [1.807, 2.05) is 13.0 Å². The molecule has 0 fully saturated rings. The third kappa shape index (κ3) is 2.26. The molecule has 2 rings (SSSR count). The zero-order chi connectivity index (χ0) is 13.3. The first-order valence-electron chi connectivity index (χ1n) is 5.55. The van der Waals surface area contributed by atoms with Crippen molar-refractivity contribution in [1.82, 2.24) is 0 Å². The normalized spacial score (nSPS) is 12.6. The zero-order valence-corrected chi connectivity index (χ0v) is 9.97. The quantitative estimate of drug-likeness (QED) is 0.843. The molecule has 94 valence electrons. The number of hydrogen-bond donors (Lipinski definition) is 2. The van der Waals surface area contributed by atoms with Gasteiger partial charge in [0.15, 0.2) is 5.43 Å². The van der Waals surface area contributed by atoms with E-state index < -0.39 is 11.9 Å². The maximum atomic E-state index is 12.2. The van der Waals surface area contributed by atoms with Crippen LogP contribution in [0.4, 0.5) is 0 Å². The van der Waals surface area contributed by atoms with Gasteiger partial charge in [0.05, 0.1) is 17.2 Å². The maximum absolute atomic E-state index is 12.2. The molecule has 2 aromatic rings. The highest BCUT2D eigenvalue weighted by atomic mass is 16.3. The number of carbonyl (C=O) groups is 1. The fourth-order valence-electron chi connectivity index (χ4n) is 1.84. The van der Waals surface area contributed by atoms with Crippen LogP contribution in [-0.4, -0.2) is 5.91 Å². The van der Waals surface area contributed by atoms with Gasteiger partial charge in [0.1, 0.15) is 5.58 Å². The summed E-state index contributed by atoms with van der Waals surface area (Å²) in [6.45, 7) is 1.88. The second kappa shape index (κ2) is 4.62. The molecular formula is C13H14N2O3. The van der Waals surface area contributed by atoms with Crippen molar-refractivity contribution in [2.75, 3.05) is 0 Å². The molecule has 1 unspecified atom stereocenters. The van der Waals surface area contributed by atoms with Gasteiger partial charge in [-0.1, -0.05) is 11.6 Å². The molecule has 1 atom stereocenters. The van der Waals surface area contributed by atoms with Crippen LogP contribution in [0.25, 0.3) is 11.0 Å². The van der Waals surface area contributed by atoms with Crippen LogP contribution in [0.2, 0.25) is 0 Å². The van der Waals surface area contributed by atoms with E-state index >= 15 is 0 Å². The average molecular weight is 246 g/mol. The Bertz CT molecular complexity index is 661. The zero-order valence-electron chi connectivity index (χ0n) is 9.97. The van der Waals surface area contributed by atoms with E-state index in [-0.39, 0.29) is 17.4 Å². The summed E-state index contributed by atoms with van der Waals surface area (Å²) in [6, 6.07) is 4.59. The van der Waals surface area contributed by atoms with Gasteiger partial charge in [-0.15, -0.1) is 0 Å². The molecule has 1 amide bonds. The molecule has 1 heterocycles. The van der Waals surface area contributed by atoms with Gasteiger partial charge in [-0.25, -0.2) is 0 Å². The maximum Gasteiger partial charge on any atom is 0.219 e. The van der Waals surface area contributed by atoms with E-state index in [2.05, 4.69) is 0 Å². The number of benzene rings is 1. The first-order chi connectivity index (χ1) is 8.49. The third-order valence-corrected chi connectivity index (χ3v) is 2.78. The fraction of sp³-hybridized carbons (Fsp3) is 0.231. The number of hydrogen-bond acceptors (Lipinski definition) is 4. The third-order valence-electron chi connectivity index (χ3n) is 2.78. The van der Waals surface area contributed by atoms with E-state index in [1.54, 1.807) is 12.1 Å². The number of carbonyl (C=O) groups excluding carboxylic acids is 1. The van der Waals surface area contributed by atoms with Crippen LogP contribution >= 0.6 is 0 Å². The molecule has 0 spiro atoms. The topological polar surface area (TPSA) is 99.3 Å². The van der Waals surface area contributed by atoms with Crippen LogP contribution in [0.15, 0.2) is 33.7 Å². The van der Waals surface area contributed by atoms with E-state index in [0.29, 0.717) is 11.0 Å². The van der Waals surface area contributed by atoms with Gasteiger partial charge in [0.25, 0.3) is 0 Å². The molecule has 0 saturated heterocycles. The largest absolute Gasteiger partial charge is 0.464 e. The molecular weight excluding hydrogens is 232 g/mol. The number of primary amides is 1. The van der Waals surface area contributed by atoms with Crippen molar-refractivity contribution in [2.45, 2.75) is 19.4 Å². The van der Waals surface area contributed by atoms with Crippen molar-refractivity contribution < 1.29 is 9.21 Å². The molecule has 0 radical (unpaired) electrons. The van der Waals surface area contributed by atoms with Crippen LogP contribution in [0, 0.1) is 6.92 Å². The highest BCUT2D eigenvalue weighted by molar-refractivity contribution is 5.78. The highest BCUT2D eigenvalue weighted by Crippen LogP contribution is 2.17. The van der Waals surface area contributed by atoms with E-state index in [4.69, 9.17) is 15.9 Å². The van der Waals surface area contributed by atoms with Crippen molar-refractivity contribution in [1.29, 1.82) is 0 Å². The van der Waals surface area contributed by atoms with Crippen molar-refractivity contribution in [3.05, 3.63) is 45.8 Å². The summed E-state index contributed by atoms with van der Waals surface area (Å²) < 4.78 is 5.35. The molecule has 0 bridgehead atoms. The predicted octanol–water partition coefficient (Wildman–Crippen LogP) is 0.977. The van der Waals surface area contributed by atoms with E-state index in [1.165, 1.54) is 6.26 Å². The predicted molar refractivity (Wildman–Crippen MR) is 68.0 cm³/mol. The molecule has 1 aromatic carbocycles. The number of rotatable bonds is 3. The van der Waals surface area contributed by atoms with Gasteiger partial charge in [0, 0.05) is 12.5 Å². The second-order valence-corrected chi connectivity index (χ2v) is 4.30. The summed E-state index contributed by atoms with van der Waals surface area (Å²) >= 11 is 0. The van der Waals surface area contributed by atoms with Gasteiger partial charge in [-0.3, -0.25) is 9.59 Å². The summed E-state index contributed by atoms with van der Waals surface area (Å²) in [6.07, 6.45) is 1.22. The van der Waals surface area contributed by atoms with Gasteiger partial charge in [0.2, 0.25) is 5.91 Å². The SMILES string of the molecule is Cc1ccc2occ(C(N)CC(N)=O)c(=O)c2c1. The van der Waals surface area contributed by atoms with Crippen LogP contribution in [-0.2, 0) is 4.79 Å². The lowest BCUT2D eigenvalue weighted by molar-refractivity contribution is -0.118. The van der Waals surface area contributed by atoms with Crippen LogP contribution in [0.3, 0.4) is 0 Å². The Morgan fingerprint density at radius 1 is 1.44 bits per heavy atom. The molecule has 5 nitrogen and oxygen atoms in total. The monoisotopic (exact) mass is 246 g/mol. The Morgan fingerprint density at radius 2 is 2.17 bits per heavy atom. The Kier molecular flexibility index (Phi) is 3.16. The number of aryl methyl sites for hydroxylation is 1. The van der Waals surface area contributed by atoms with Crippen molar-refractivity contribution in [3.63, 3.8) is 0 Å². The minimum atomic E-state index is -0.733. The second-order valence-electron chi connectivity index (χ2n) is 4.30.